The molecule has 0 atom stereocenters. The smallest absolute Gasteiger partial charge is 0.203 e. The van der Waals surface area contributed by atoms with Gasteiger partial charge >= 0.3 is 0 Å². The van der Waals surface area contributed by atoms with Gasteiger partial charge in [-0.2, -0.15) is 0 Å². The lowest BCUT2D eigenvalue weighted by atomic mass is 10.1. The van der Waals surface area contributed by atoms with E-state index in [0.29, 0.717) is 30.1 Å². The van der Waals surface area contributed by atoms with Gasteiger partial charge in [0.2, 0.25) is 5.75 Å². The number of ketones is 1. The molecule has 0 amide bonds. The fraction of sp³-hybridized carbons (Fsp3) is 0.400. The van der Waals surface area contributed by atoms with Crippen LogP contribution in [0.15, 0.2) is 18.2 Å². The van der Waals surface area contributed by atoms with E-state index in [4.69, 9.17) is 19.3 Å². The van der Waals surface area contributed by atoms with Gasteiger partial charge in [-0.05, 0) is 30.2 Å². The molecule has 0 aliphatic rings. The minimum absolute atomic E-state index is 0.0176. The summed E-state index contributed by atoms with van der Waals surface area (Å²) < 4.78 is 15.7. The fourth-order valence-corrected chi connectivity index (χ4v) is 1.72. The predicted molar refractivity (Wildman–Crippen MR) is 76.5 cm³/mol. The van der Waals surface area contributed by atoms with Crippen LogP contribution < -0.4 is 14.2 Å². The Labute approximate surface area is 118 Å². The number of rotatable bonds is 8. The lowest BCUT2D eigenvalue weighted by Crippen LogP contribution is -1.96. The van der Waals surface area contributed by atoms with Crippen LogP contribution in [-0.2, 0) is 4.79 Å². The standard InChI is InChI=1S/C15H20O5/c1-18-13-9-11(6-7-12(17)5-4-8-16)10-14(19-2)15(13)20-3/h6-7,9-10,16H,4-5,8H2,1-3H3/b7-6+. The van der Waals surface area contributed by atoms with Crippen molar-refractivity contribution in [1.29, 1.82) is 0 Å². The summed E-state index contributed by atoms with van der Waals surface area (Å²) in [6.07, 6.45) is 3.97. The normalized spacial score (nSPS) is 10.6. The van der Waals surface area contributed by atoms with Crippen LogP contribution in [0, 0.1) is 0 Å². The Bertz CT molecular complexity index is 454. The topological polar surface area (TPSA) is 65.0 Å². The van der Waals surface area contributed by atoms with Crippen molar-refractivity contribution in [2.24, 2.45) is 0 Å². The number of methoxy groups -OCH3 is 3. The van der Waals surface area contributed by atoms with Gasteiger partial charge in [-0.15, -0.1) is 0 Å². The highest BCUT2D eigenvalue weighted by Gasteiger charge is 2.12. The highest BCUT2D eigenvalue weighted by Crippen LogP contribution is 2.38. The molecule has 5 nitrogen and oxygen atoms in total. The zero-order valence-electron chi connectivity index (χ0n) is 12.0. The highest BCUT2D eigenvalue weighted by atomic mass is 16.5. The molecule has 1 rings (SSSR count). The van der Waals surface area contributed by atoms with Crippen LogP contribution in [0.25, 0.3) is 6.08 Å². The molecule has 0 saturated carbocycles. The molecule has 0 aliphatic carbocycles. The second kappa shape index (κ2) is 8.22. The Morgan fingerprint density at radius 2 is 1.75 bits per heavy atom. The molecule has 0 heterocycles. The number of hydrogen-bond donors (Lipinski definition) is 1. The first-order chi connectivity index (χ1) is 9.65. The SMILES string of the molecule is COc1cc(/C=C/C(=O)CCCO)cc(OC)c1OC. The number of aliphatic hydroxyl groups excluding tert-OH is 1. The molecule has 110 valence electrons. The summed E-state index contributed by atoms with van der Waals surface area (Å²) in [4.78, 5) is 11.5. The Kier molecular flexibility index (Phi) is 6.59. The van der Waals surface area contributed by atoms with E-state index in [2.05, 4.69) is 0 Å². The third kappa shape index (κ3) is 4.28. The molecule has 5 heteroatoms. The van der Waals surface area contributed by atoms with E-state index in [9.17, 15) is 4.79 Å². The van der Waals surface area contributed by atoms with E-state index in [1.54, 1.807) is 18.2 Å². The molecular weight excluding hydrogens is 260 g/mol. The second-order valence-electron chi connectivity index (χ2n) is 4.09. The number of allylic oxidation sites excluding steroid dienone is 1. The summed E-state index contributed by atoms with van der Waals surface area (Å²) >= 11 is 0. The molecule has 1 aromatic rings. The van der Waals surface area contributed by atoms with E-state index in [1.165, 1.54) is 27.4 Å². The molecule has 0 fully saturated rings. The van der Waals surface area contributed by atoms with Crippen molar-refractivity contribution < 1.29 is 24.1 Å². The van der Waals surface area contributed by atoms with Gasteiger partial charge in [0.05, 0.1) is 21.3 Å². The molecule has 0 bridgehead atoms. The van der Waals surface area contributed by atoms with Gasteiger partial charge in [-0.1, -0.05) is 6.08 Å². The molecule has 1 aromatic carbocycles. The molecule has 20 heavy (non-hydrogen) atoms. The van der Waals surface area contributed by atoms with E-state index < -0.39 is 0 Å². The first-order valence-electron chi connectivity index (χ1n) is 6.28. The molecule has 0 unspecified atom stereocenters. The largest absolute Gasteiger partial charge is 0.493 e. The van der Waals surface area contributed by atoms with Crippen molar-refractivity contribution in [2.45, 2.75) is 12.8 Å². The van der Waals surface area contributed by atoms with Gasteiger partial charge in [0, 0.05) is 13.0 Å². The molecule has 0 aliphatic heterocycles. The summed E-state index contributed by atoms with van der Waals surface area (Å²) in [5.74, 6) is 1.55. The lowest BCUT2D eigenvalue weighted by molar-refractivity contribution is -0.114. The third-order valence-electron chi connectivity index (χ3n) is 2.73. The zero-order chi connectivity index (χ0) is 15.0. The van der Waals surface area contributed by atoms with Gasteiger partial charge in [-0.3, -0.25) is 4.79 Å². The summed E-state index contributed by atoms with van der Waals surface area (Å²) in [5, 5.41) is 8.67. The number of hydrogen-bond acceptors (Lipinski definition) is 5. The van der Waals surface area contributed by atoms with E-state index in [0.717, 1.165) is 5.56 Å². The Hall–Kier alpha value is -2.01. The lowest BCUT2D eigenvalue weighted by Gasteiger charge is -2.12. The predicted octanol–water partition coefficient (Wildman–Crippen LogP) is 2.07. The van der Waals surface area contributed by atoms with Gasteiger partial charge in [0.15, 0.2) is 17.3 Å². The van der Waals surface area contributed by atoms with Crippen LogP contribution in [-0.4, -0.2) is 38.8 Å². The molecule has 0 spiro atoms. The average Bonchev–Trinajstić information content (AvgIpc) is 2.49. The quantitative estimate of drug-likeness (QED) is 0.738. The van der Waals surface area contributed by atoms with E-state index in [1.807, 2.05) is 0 Å². The van der Waals surface area contributed by atoms with Crippen molar-refractivity contribution in [3.8, 4) is 17.2 Å². The fourth-order valence-electron chi connectivity index (χ4n) is 1.72. The summed E-state index contributed by atoms with van der Waals surface area (Å²) in [7, 11) is 4.61. The van der Waals surface area contributed by atoms with Crippen molar-refractivity contribution in [3.63, 3.8) is 0 Å². The van der Waals surface area contributed by atoms with Gasteiger partial charge in [0.25, 0.3) is 0 Å². The Morgan fingerprint density at radius 3 is 2.20 bits per heavy atom. The van der Waals surface area contributed by atoms with Crippen LogP contribution in [0.2, 0.25) is 0 Å². The van der Waals surface area contributed by atoms with Crippen LogP contribution in [0.3, 0.4) is 0 Å². The molecular formula is C15H20O5. The second-order valence-corrected chi connectivity index (χ2v) is 4.09. The number of ether oxygens (including phenoxy) is 3. The first-order valence-corrected chi connectivity index (χ1v) is 6.28. The maximum atomic E-state index is 11.5. The number of benzene rings is 1. The summed E-state index contributed by atoms with van der Waals surface area (Å²) in [6.45, 7) is 0.0176. The Morgan fingerprint density at radius 1 is 1.15 bits per heavy atom. The highest BCUT2D eigenvalue weighted by molar-refractivity contribution is 5.93. The monoisotopic (exact) mass is 280 g/mol. The maximum absolute atomic E-state index is 11.5. The molecule has 0 saturated heterocycles. The Balaban J connectivity index is 2.96. The minimum atomic E-state index is -0.0344. The third-order valence-corrected chi connectivity index (χ3v) is 2.73. The van der Waals surface area contributed by atoms with Crippen LogP contribution in [0.1, 0.15) is 18.4 Å². The van der Waals surface area contributed by atoms with Gasteiger partial charge in [0.1, 0.15) is 0 Å². The summed E-state index contributed by atoms with van der Waals surface area (Å²) in [6, 6.07) is 3.52. The van der Waals surface area contributed by atoms with Crippen molar-refractivity contribution in [3.05, 3.63) is 23.8 Å². The molecule has 0 radical (unpaired) electrons. The molecule has 1 N–H and O–H groups in total. The number of carbonyl (C=O) groups excluding carboxylic acids is 1. The van der Waals surface area contributed by atoms with Crippen LogP contribution in [0.4, 0.5) is 0 Å². The van der Waals surface area contributed by atoms with Crippen LogP contribution in [0.5, 0.6) is 17.2 Å². The van der Waals surface area contributed by atoms with Crippen molar-refractivity contribution >= 4 is 11.9 Å². The maximum Gasteiger partial charge on any atom is 0.203 e. The first kappa shape index (κ1) is 16.0. The van der Waals surface area contributed by atoms with Crippen molar-refractivity contribution in [2.75, 3.05) is 27.9 Å². The van der Waals surface area contributed by atoms with Crippen molar-refractivity contribution in [1.82, 2.24) is 0 Å². The van der Waals surface area contributed by atoms with E-state index in [-0.39, 0.29) is 12.4 Å². The number of carbonyl (C=O) groups is 1. The van der Waals surface area contributed by atoms with Crippen LogP contribution >= 0.6 is 0 Å². The average molecular weight is 280 g/mol. The minimum Gasteiger partial charge on any atom is -0.493 e. The zero-order valence-corrected chi connectivity index (χ0v) is 12.0. The van der Waals surface area contributed by atoms with Gasteiger partial charge < -0.3 is 19.3 Å². The number of aliphatic hydroxyl groups is 1. The molecule has 0 aromatic heterocycles. The van der Waals surface area contributed by atoms with E-state index >= 15 is 0 Å². The van der Waals surface area contributed by atoms with Gasteiger partial charge in [-0.25, -0.2) is 0 Å². The summed E-state index contributed by atoms with van der Waals surface area (Å²) in [5.41, 5.74) is 0.775.